The Hall–Kier alpha value is -10.5. The first-order chi connectivity index (χ1) is 51.3. The third-order valence-electron chi connectivity index (χ3n) is 14.2. The van der Waals surface area contributed by atoms with Gasteiger partial charge in [0, 0.05) is 184 Å². The standard InChI is InChI=1S/2C12H8F2NO.C11H6F2N.C11H20O2.C10H8F2N2.C10H8FN2.C9H5F2N2.C6H5NO2.3Ir/c2*13-9-1-2-10(11(14)6-9)12-5-8(7-16)3-4-15-12;12-8-4-5-9(10(13)7-8)11-3-1-2-6-14-11;1-10(2,3)8(12)7-9(13)11(4,5)6;1-13-5-2-6-14(13)10-4-3-8(11)7-9(10)12;1-8-7-9(11)3-4-10(8)13-6-2-5-12-13;10-7-2-3-9(8(11)6-7)13-5-1-4-12-13;8-6(9)5-3-1-2-4-7-5;;;/h2*1,3-6,16H,7H2;1-4,6-7H;7H2,1-6H3;2-3,5-7H,1H3;2-3,5-7H,1H3;1-2,4-6H;1-4H,(H,8,9);;;/q3*-1;;;2*-1;;;;. The number of Topliss-reactive ketones (excluding diaryl/α,β-unsaturated/α-hetero) is 2. The predicted octanol–water partition coefficient (Wildman–Crippen LogP) is 15.3. The monoisotopic (exact) mass is 2060 g/mol. The molecule has 13 aromatic rings. The Labute approximate surface area is 673 Å². The molecule has 0 atom stereocenters. The zero-order valence-electron chi connectivity index (χ0n) is 60.0. The van der Waals surface area contributed by atoms with Crippen molar-refractivity contribution in [2.45, 2.75) is 68.1 Å². The molecule has 7 aromatic heterocycles. The van der Waals surface area contributed by atoms with E-state index in [0.717, 1.165) is 71.9 Å². The number of aliphatic hydroxyl groups is 2. The fourth-order valence-electron chi connectivity index (χ4n) is 8.52. The van der Waals surface area contributed by atoms with Crippen LogP contribution in [-0.4, -0.2) is 67.3 Å². The fourth-order valence-corrected chi connectivity index (χ4v) is 8.52. The van der Waals surface area contributed by atoms with Gasteiger partial charge in [0.2, 0.25) is 0 Å². The van der Waals surface area contributed by atoms with E-state index in [2.05, 4.69) is 66.5 Å². The molecular formula is C81H68F11Ir3N10O6-5. The summed E-state index contributed by atoms with van der Waals surface area (Å²) in [7, 11) is 1.76. The maximum Gasteiger partial charge on any atom is 0.354 e. The number of halogens is 11. The number of pyridine rings is 4. The number of aromatic carboxylic acids is 1. The number of nitrogens with zero attached hydrogens (tertiary/aromatic N) is 10. The van der Waals surface area contributed by atoms with Crippen molar-refractivity contribution in [1.82, 2.24) is 39.5 Å². The normalized spacial score (nSPS) is 10.2. The Balaban J connectivity index is 0.000000329. The van der Waals surface area contributed by atoms with Crippen molar-refractivity contribution in [3.8, 4) is 50.8 Å². The van der Waals surface area contributed by atoms with Crippen LogP contribution in [0.5, 0.6) is 0 Å². The summed E-state index contributed by atoms with van der Waals surface area (Å²) in [6.45, 7) is 12.6. The number of hydrogen-bond donors (Lipinski definition) is 3. The number of carbonyl (C=O) groups excluding carboxylic acids is 2. The zero-order chi connectivity index (χ0) is 79.3. The van der Waals surface area contributed by atoms with Crippen LogP contribution in [-0.2, 0) is 90.2 Å². The second kappa shape index (κ2) is 46.2. The van der Waals surface area contributed by atoms with Gasteiger partial charge in [-0.2, -0.15) is 15.8 Å². The molecule has 7 heterocycles. The van der Waals surface area contributed by atoms with E-state index in [9.17, 15) is 62.7 Å². The van der Waals surface area contributed by atoms with E-state index in [1.165, 1.54) is 64.5 Å². The van der Waals surface area contributed by atoms with Crippen molar-refractivity contribution >= 4 is 17.5 Å². The van der Waals surface area contributed by atoms with Crippen LogP contribution >= 0.6 is 0 Å². The first-order valence-corrected chi connectivity index (χ1v) is 32.1. The van der Waals surface area contributed by atoms with E-state index in [-0.39, 0.29) is 131 Å². The molecule has 0 fully saturated rings. The molecule has 0 unspecified atom stereocenters. The van der Waals surface area contributed by atoms with Crippen molar-refractivity contribution in [3.63, 3.8) is 0 Å². The van der Waals surface area contributed by atoms with Gasteiger partial charge in [-0.15, -0.1) is 95.8 Å². The van der Waals surface area contributed by atoms with Gasteiger partial charge in [0.05, 0.1) is 31.5 Å². The Bertz CT molecular complexity index is 4860. The molecule has 0 bridgehead atoms. The maximum atomic E-state index is 13.4. The molecule has 6 aromatic carbocycles. The Kier molecular flexibility index (Phi) is 39.4. The minimum absolute atomic E-state index is 0. The third kappa shape index (κ3) is 30.7. The van der Waals surface area contributed by atoms with Crippen molar-refractivity contribution in [3.05, 3.63) is 336 Å². The van der Waals surface area contributed by atoms with Crippen molar-refractivity contribution in [2.24, 2.45) is 17.9 Å². The molecule has 0 aliphatic rings. The summed E-state index contributed by atoms with van der Waals surface area (Å²) >= 11 is 0. The van der Waals surface area contributed by atoms with Crippen molar-refractivity contribution in [1.29, 1.82) is 0 Å². The number of aliphatic hydroxyl groups excluding tert-OH is 2. The summed E-state index contributed by atoms with van der Waals surface area (Å²) in [4.78, 5) is 48.6. The molecule has 0 aliphatic heterocycles. The van der Waals surface area contributed by atoms with Gasteiger partial charge in [0.25, 0.3) is 0 Å². The predicted molar refractivity (Wildman–Crippen MR) is 375 cm³/mol. The van der Waals surface area contributed by atoms with Crippen LogP contribution < -0.4 is 14.5 Å². The summed E-state index contributed by atoms with van der Waals surface area (Å²) in [6, 6.07) is 48.8. The molecule has 587 valence electrons. The topological polar surface area (TPSA) is 208 Å². The number of carbonyl (C=O) groups is 3. The Morgan fingerprint density at radius 1 is 0.468 bits per heavy atom. The van der Waals surface area contributed by atoms with Gasteiger partial charge in [-0.1, -0.05) is 119 Å². The molecule has 3 radical (unpaired) electrons. The van der Waals surface area contributed by atoms with Crippen LogP contribution in [0.3, 0.4) is 0 Å². The second-order valence-corrected chi connectivity index (χ2v) is 24.5. The molecule has 30 heteroatoms. The van der Waals surface area contributed by atoms with Crippen LogP contribution in [0.1, 0.15) is 75.1 Å². The number of aryl methyl sites for hydroxylation is 2. The molecule has 13 rings (SSSR count). The van der Waals surface area contributed by atoms with Gasteiger partial charge in [-0.3, -0.25) is 67.2 Å². The Morgan fingerprint density at radius 2 is 0.901 bits per heavy atom. The first kappa shape index (κ1) is 94.7. The number of aromatic nitrogens is 10. The van der Waals surface area contributed by atoms with E-state index < -0.39 is 75.0 Å². The van der Waals surface area contributed by atoms with Crippen LogP contribution in [0.15, 0.2) is 214 Å². The summed E-state index contributed by atoms with van der Waals surface area (Å²) in [5.41, 5.74) is 3.91. The number of carboxylic acid groups (broad SMARTS) is 1. The van der Waals surface area contributed by atoms with Crippen LogP contribution in [0, 0.1) is 118 Å². The number of carboxylic acids is 1. The van der Waals surface area contributed by atoms with E-state index in [1.807, 2.05) is 54.5 Å². The molecule has 16 nitrogen and oxygen atoms in total. The van der Waals surface area contributed by atoms with Gasteiger partial charge in [0.15, 0.2) is 19.4 Å². The fraction of sp³-hybridized carbons (Fsp3) is 0.160. The number of benzene rings is 6. The van der Waals surface area contributed by atoms with E-state index in [1.54, 1.807) is 108 Å². The molecule has 0 saturated heterocycles. The maximum absolute atomic E-state index is 13.4. The zero-order valence-corrected chi connectivity index (χ0v) is 67.2. The van der Waals surface area contributed by atoms with Gasteiger partial charge >= 0.3 is 5.97 Å². The van der Waals surface area contributed by atoms with Crippen molar-refractivity contribution in [2.75, 3.05) is 0 Å². The van der Waals surface area contributed by atoms with Crippen LogP contribution in [0.4, 0.5) is 48.3 Å². The van der Waals surface area contributed by atoms with Gasteiger partial charge < -0.3 is 35.4 Å². The summed E-state index contributed by atoms with van der Waals surface area (Å²) in [6.07, 6.45) is 16.0. The molecular weight excluding hydrogens is 1990 g/mol. The summed E-state index contributed by atoms with van der Waals surface area (Å²) < 4.78 is 148. The van der Waals surface area contributed by atoms with E-state index in [4.69, 9.17) is 15.3 Å². The first-order valence-electron chi connectivity index (χ1n) is 32.1. The van der Waals surface area contributed by atoms with Gasteiger partial charge in [0.1, 0.15) is 17.3 Å². The molecule has 0 amide bonds. The molecule has 0 aliphatic carbocycles. The molecule has 0 spiro atoms. The average molecular weight is 2060 g/mol. The smallest absolute Gasteiger partial charge is 0.354 e. The van der Waals surface area contributed by atoms with Gasteiger partial charge in [-0.05, 0) is 76.4 Å². The van der Waals surface area contributed by atoms with Crippen LogP contribution in [0.2, 0.25) is 0 Å². The second-order valence-electron chi connectivity index (χ2n) is 24.5. The minimum Gasteiger partial charge on any atom is -0.477 e. The number of rotatable bonds is 11. The molecule has 3 N–H and O–H groups in total. The molecule has 111 heavy (non-hydrogen) atoms. The quantitative estimate of drug-likeness (QED) is 0.0478. The van der Waals surface area contributed by atoms with E-state index >= 15 is 0 Å². The summed E-state index contributed by atoms with van der Waals surface area (Å²) in [5, 5.41) is 34.0. The van der Waals surface area contributed by atoms with Crippen molar-refractivity contribution < 1.29 is 148 Å². The average Bonchev–Trinajstić information content (AvgIpc) is 1.47. The minimum atomic E-state index is -0.990. The summed E-state index contributed by atoms with van der Waals surface area (Å²) in [5.74, 6) is -7.88. The molecule has 0 saturated carbocycles. The number of ketones is 2. The largest absolute Gasteiger partial charge is 0.477 e. The number of hydrogen-bond acceptors (Lipinski definition) is 10. The van der Waals surface area contributed by atoms with E-state index in [0.29, 0.717) is 28.2 Å². The van der Waals surface area contributed by atoms with Gasteiger partial charge in [-0.25, -0.2) is 9.78 Å². The Morgan fingerprint density at radius 3 is 1.26 bits per heavy atom. The SMILES string of the molecule is CC(C)(C)C(=O)CC(=O)C(C)(C)C.C[n+]1cccn1-c1[c-]cc(F)cc1F.Cc1cc(F)c[c-]c1-[n+]1ccc[n-]1.Fc1c[c-]c(-c2ccccn2)c(F)c1.Fc1c[c-]c(-n2cccn2)c(F)c1.O=C(O)c1ccccn1.OCc1ccnc(-c2[c-]cc(F)cc2F)c1.OCc1ccnc(-c2[c-]cc(F)cc2F)c1.[Ir].[Ir].[Ir]. The third-order valence-corrected chi connectivity index (χ3v) is 14.2. The van der Waals surface area contributed by atoms with Crippen LogP contribution in [0.25, 0.3) is 50.8 Å².